The molecule has 1 N–H and O–H groups in total. The summed E-state index contributed by atoms with van der Waals surface area (Å²) in [5, 5.41) is 14.4. The normalized spacial score (nSPS) is 11.3. The number of nitrogens with one attached hydrogen (secondary N) is 1. The molecular formula is C29H25N3O5. The molecule has 1 atom stereocenters. The minimum absolute atomic E-state index is 0.180. The summed E-state index contributed by atoms with van der Waals surface area (Å²) in [5.41, 5.74) is 1.80. The number of ether oxygens (including phenoxy) is 1. The Morgan fingerprint density at radius 1 is 0.892 bits per heavy atom. The number of non-ortho nitro benzene ring substituents is 1. The maximum absolute atomic E-state index is 13.9. The smallest absolute Gasteiger partial charge is 0.269 e. The molecule has 0 bridgehead atoms. The summed E-state index contributed by atoms with van der Waals surface area (Å²) < 4.78 is 5.26. The van der Waals surface area contributed by atoms with Gasteiger partial charge in [-0.2, -0.15) is 0 Å². The van der Waals surface area contributed by atoms with Gasteiger partial charge >= 0.3 is 0 Å². The van der Waals surface area contributed by atoms with Crippen LogP contribution in [0.3, 0.4) is 0 Å². The Balaban J connectivity index is 1.83. The zero-order valence-corrected chi connectivity index (χ0v) is 20.1. The van der Waals surface area contributed by atoms with E-state index in [4.69, 9.17) is 4.74 Å². The number of nitro groups is 1. The molecule has 0 aliphatic carbocycles. The Hall–Kier alpha value is -4.98. The molecule has 0 saturated carbocycles. The zero-order valence-electron chi connectivity index (χ0n) is 20.1. The second kappa shape index (κ2) is 11.6. The van der Waals surface area contributed by atoms with Crippen LogP contribution in [0.5, 0.6) is 5.75 Å². The molecular weight excluding hydrogens is 470 g/mol. The second-order valence-electron chi connectivity index (χ2n) is 8.20. The molecule has 0 aliphatic heterocycles. The van der Waals surface area contributed by atoms with Crippen LogP contribution in [0.2, 0.25) is 0 Å². The largest absolute Gasteiger partial charge is 0.497 e. The third-order valence-electron chi connectivity index (χ3n) is 5.80. The Morgan fingerprint density at radius 3 is 2.16 bits per heavy atom. The first-order valence-corrected chi connectivity index (χ1v) is 11.6. The van der Waals surface area contributed by atoms with Gasteiger partial charge in [-0.25, -0.2) is 0 Å². The fourth-order valence-corrected chi connectivity index (χ4v) is 3.95. The van der Waals surface area contributed by atoms with Gasteiger partial charge in [0.25, 0.3) is 11.6 Å². The Bertz CT molecular complexity index is 1380. The number of hydrogen-bond donors (Lipinski definition) is 1. The van der Waals surface area contributed by atoms with Gasteiger partial charge < -0.3 is 10.1 Å². The van der Waals surface area contributed by atoms with Crippen LogP contribution in [0.25, 0.3) is 0 Å². The lowest BCUT2D eigenvalue weighted by Crippen LogP contribution is -2.44. The third kappa shape index (κ3) is 5.99. The van der Waals surface area contributed by atoms with Crippen LogP contribution in [-0.4, -0.2) is 23.8 Å². The molecule has 186 valence electrons. The summed E-state index contributed by atoms with van der Waals surface area (Å²) in [4.78, 5) is 40.0. The lowest BCUT2D eigenvalue weighted by molar-refractivity contribution is -0.384. The Kier molecular flexibility index (Phi) is 7.90. The van der Waals surface area contributed by atoms with E-state index >= 15 is 0 Å². The standard InChI is InChI=1S/C29H25N3O5/c1-37-26-17-15-24(16-18-26)31(29(34)22-11-6-3-7-12-22)27(23-13-8-14-25(19-23)32(35)36)28(33)30-20-21-9-4-2-5-10-21/h2-19,27H,20H2,1H3,(H,30,33). The summed E-state index contributed by atoms with van der Waals surface area (Å²) in [5.74, 6) is -0.335. The van der Waals surface area contributed by atoms with Crippen molar-refractivity contribution >= 4 is 23.2 Å². The fraction of sp³-hybridized carbons (Fsp3) is 0.103. The lowest BCUT2D eigenvalue weighted by Gasteiger charge is -2.31. The van der Waals surface area contributed by atoms with Gasteiger partial charge in [-0.05, 0) is 47.5 Å². The fourth-order valence-electron chi connectivity index (χ4n) is 3.95. The first-order valence-electron chi connectivity index (χ1n) is 11.6. The van der Waals surface area contributed by atoms with Crippen LogP contribution in [0.15, 0.2) is 109 Å². The molecule has 4 aromatic carbocycles. The van der Waals surface area contributed by atoms with E-state index in [1.807, 2.05) is 30.3 Å². The van der Waals surface area contributed by atoms with Gasteiger partial charge in [0.05, 0.1) is 12.0 Å². The van der Waals surface area contributed by atoms with Gasteiger partial charge in [-0.1, -0.05) is 60.7 Å². The van der Waals surface area contributed by atoms with Gasteiger partial charge in [0.1, 0.15) is 11.8 Å². The van der Waals surface area contributed by atoms with E-state index in [9.17, 15) is 19.7 Å². The molecule has 8 nitrogen and oxygen atoms in total. The van der Waals surface area contributed by atoms with Crippen LogP contribution in [0, 0.1) is 10.1 Å². The van der Waals surface area contributed by atoms with Crippen molar-refractivity contribution in [2.45, 2.75) is 12.6 Å². The van der Waals surface area contributed by atoms with E-state index in [2.05, 4.69) is 5.32 Å². The van der Waals surface area contributed by atoms with E-state index in [1.165, 1.54) is 30.2 Å². The number of methoxy groups -OCH3 is 1. The minimum Gasteiger partial charge on any atom is -0.497 e. The first-order chi connectivity index (χ1) is 18.0. The maximum Gasteiger partial charge on any atom is 0.269 e. The molecule has 0 radical (unpaired) electrons. The van der Waals surface area contributed by atoms with Crippen LogP contribution in [0.1, 0.15) is 27.5 Å². The number of rotatable bonds is 9. The summed E-state index contributed by atoms with van der Waals surface area (Å²) in [6.45, 7) is 0.223. The van der Waals surface area contributed by atoms with Gasteiger partial charge in [-0.15, -0.1) is 0 Å². The van der Waals surface area contributed by atoms with Crippen molar-refractivity contribution in [3.63, 3.8) is 0 Å². The average Bonchev–Trinajstić information content (AvgIpc) is 2.95. The Morgan fingerprint density at radius 2 is 1.54 bits per heavy atom. The highest BCUT2D eigenvalue weighted by Crippen LogP contribution is 2.32. The average molecular weight is 496 g/mol. The number of anilines is 1. The minimum atomic E-state index is -1.19. The van der Waals surface area contributed by atoms with E-state index in [0.29, 0.717) is 22.6 Å². The molecule has 0 spiro atoms. The van der Waals surface area contributed by atoms with Crippen molar-refractivity contribution < 1.29 is 19.2 Å². The van der Waals surface area contributed by atoms with Crippen LogP contribution in [-0.2, 0) is 11.3 Å². The van der Waals surface area contributed by atoms with Crippen molar-refractivity contribution in [2.75, 3.05) is 12.0 Å². The third-order valence-corrected chi connectivity index (χ3v) is 5.80. The molecule has 8 heteroatoms. The molecule has 4 rings (SSSR count). The highest BCUT2D eigenvalue weighted by Gasteiger charge is 2.34. The molecule has 0 heterocycles. The van der Waals surface area contributed by atoms with Gasteiger partial charge in [0.15, 0.2) is 0 Å². The molecule has 4 aromatic rings. The predicted octanol–water partition coefficient (Wildman–Crippen LogP) is 5.31. The molecule has 1 unspecified atom stereocenters. The van der Waals surface area contributed by atoms with Crippen LogP contribution >= 0.6 is 0 Å². The maximum atomic E-state index is 13.9. The van der Waals surface area contributed by atoms with Crippen molar-refractivity contribution in [2.24, 2.45) is 0 Å². The number of nitro benzene ring substituents is 1. The second-order valence-corrected chi connectivity index (χ2v) is 8.20. The first kappa shape index (κ1) is 25.1. The van der Waals surface area contributed by atoms with E-state index in [-0.39, 0.29) is 12.2 Å². The lowest BCUT2D eigenvalue weighted by atomic mass is 10.0. The van der Waals surface area contributed by atoms with Crippen molar-refractivity contribution in [1.29, 1.82) is 0 Å². The molecule has 0 aliphatic rings. The summed E-state index contributed by atoms with van der Waals surface area (Å²) in [6, 6.07) is 29.2. The monoisotopic (exact) mass is 495 g/mol. The SMILES string of the molecule is COc1ccc(N(C(=O)c2ccccc2)C(C(=O)NCc2ccccc2)c2cccc([N+](=O)[O-])c2)cc1. The van der Waals surface area contributed by atoms with Gasteiger partial charge in [0, 0.05) is 29.9 Å². The Labute approximate surface area is 214 Å². The summed E-state index contributed by atoms with van der Waals surface area (Å²) in [7, 11) is 1.53. The highest BCUT2D eigenvalue weighted by molar-refractivity contribution is 6.10. The number of carbonyl (C=O) groups is 2. The molecule has 2 amide bonds. The zero-order chi connectivity index (χ0) is 26.2. The van der Waals surface area contributed by atoms with Gasteiger partial charge in [-0.3, -0.25) is 24.6 Å². The summed E-state index contributed by atoms with van der Waals surface area (Å²) in [6.07, 6.45) is 0. The molecule has 0 fully saturated rings. The van der Waals surface area contributed by atoms with Gasteiger partial charge in [0.2, 0.25) is 5.91 Å². The number of amides is 2. The topological polar surface area (TPSA) is 102 Å². The molecule has 0 aromatic heterocycles. The predicted molar refractivity (Wildman–Crippen MR) is 140 cm³/mol. The van der Waals surface area contributed by atoms with E-state index in [1.54, 1.807) is 60.7 Å². The van der Waals surface area contributed by atoms with E-state index < -0.39 is 22.8 Å². The molecule has 0 saturated heterocycles. The highest BCUT2D eigenvalue weighted by atomic mass is 16.6. The van der Waals surface area contributed by atoms with Crippen molar-refractivity contribution in [3.8, 4) is 5.75 Å². The summed E-state index contributed by atoms with van der Waals surface area (Å²) >= 11 is 0. The van der Waals surface area contributed by atoms with Crippen LogP contribution < -0.4 is 15.0 Å². The molecule has 37 heavy (non-hydrogen) atoms. The number of nitrogens with zero attached hydrogens (tertiary/aromatic N) is 2. The van der Waals surface area contributed by atoms with Crippen molar-refractivity contribution in [3.05, 3.63) is 136 Å². The number of hydrogen-bond acceptors (Lipinski definition) is 5. The van der Waals surface area contributed by atoms with Crippen molar-refractivity contribution in [1.82, 2.24) is 5.32 Å². The quantitative estimate of drug-likeness (QED) is 0.251. The van der Waals surface area contributed by atoms with Crippen LogP contribution in [0.4, 0.5) is 11.4 Å². The number of carbonyl (C=O) groups excluding carboxylic acids is 2. The van der Waals surface area contributed by atoms with E-state index in [0.717, 1.165) is 5.56 Å². The number of benzene rings is 4.